The van der Waals surface area contributed by atoms with Gasteiger partial charge in [-0.2, -0.15) is 0 Å². The third-order valence-corrected chi connectivity index (χ3v) is 6.39. The lowest BCUT2D eigenvalue weighted by Gasteiger charge is -2.43. The molecule has 1 aromatic heterocycles. The molecule has 0 bridgehead atoms. The van der Waals surface area contributed by atoms with Crippen LogP contribution in [0.2, 0.25) is 0 Å². The number of fused-ring (bicyclic) bond motifs is 1. The van der Waals surface area contributed by atoms with E-state index in [-0.39, 0.29) is 23.9 Å². The van der Waals surface area contributed by atoms with Crippen LogP contribution in [0.3, 0.4) is 0 Å². The van der Waals surface area contributed by atoms with E-state index in [9.17, 15) is 14.0 Å². The molecule has 0 aliphatic carbocycles. The van der Waals surface area contributed by atoms with E-state index in [0.717, 1.165) is 16.9 Å². The van der Waals surface area contributed by atoms with Gasteiger partial charge in [0.25, 0.3) is 11.8 Å². The van der Waals surface area contributed by atoms with E-state index in [2.05, 4.69) is 0 Å². The highest BCUT2D eigenvalue weighted by Gasteiger charge is 2.38. The first-order valence-corrected chi connectivity index (χ1v) is 11.8. The fourth-order valence-corrected chi connectivity index (χ4v) is 4.74. The molecule has 4 aromatic rings. The molecule has 0 saturated heterocycles. The first kappa shape index (κ1) is 23.3. The zero-order valence-corrected chi connectivity index (χ0v) is 19.8. The third-order valence-electron chi connectivity index (χ3n) is 6.39. The standard InChI is InChI=1S/C30H25FN2O3/c1-21-20-28(33(24-8-3-2-4-9-24)30(35)22-13-15-23(31)16-14-22)26-11-5-6-12-27(26)32(21)29(34)18-17-25-10-7-19-36-25/h2-19,21,28H,20H2,1H3/b18-17+/t21-,28-/m1/s1. The Hall–Kier alpha value is -4.45. The maximum atomic E-state index is 13.8. The fraction of sp³-hybridized carbons (Fsp3) is 0.133. The molecular weight excluding hydrogens is 455 g/mol. The molecule has 2 heterocycles. The van der Waals surface area contributed by atoms with Crippen molar-refractivity contribution >= 4 is 29.3 Å². The van der Waals surface area contributed by atoms with Crippen LogP contribution in [0.15, 0.2) is 108 Å². The first-order valence-electron chi connectivity index (χ1n) is 11.8. The van der Waals surface area contributed by atoms with E-state index in [1.54, 1.807) is 34.3 Å². The number of carbonyl (C=O) groups is 2. The number of furan rings is 1. The topological polar surface area (TPSA) is 53.8 Å². The van der Waals surface area contributed by atoms with Gasteiger partial charge < -0.3 is 14.2 Å². The number of hydrogen-bond donors (Lipinski definition) is 0. The van der Waals surface area contributed by atoms with Gasteiger partial charge in [0.2, 0.25) is 0 Å². The number of carbonyl (C=O) groups excluding carboxylic acids is 2. The zero-order chi connectivity index (χ0) is 25.1. The number of para-hydroxylation sites is 2. The molecule has 0 fully saturated rings. The summed E-state index contributed by atoms with van der Waals surface area (Å²) in [4.78, 5) is 30.6. The lowest BCUT2D eigenvalue weighted by molar-refractivity contribution is -0.114. The van der Waals surface area contributed by atoms with E-state index >= 15 is 0 Å². The molecule has 0 saturated carbocycles. The maximum Gasteiger partial charge on any atom is 0.258 e. The summed E-state index contributed by atoms with van der Waals surface area (Å²) < 4.78 is 18.9. The minimum atomic E-state index is -0.397. The summed E-state index contributed by atoms with van der Waals surface area (Å²) in [6.07, 6.45) is 5.24. The first-order chi connectivity index (χ1) is 17.5. The van der Waals surface area contributed by atoms with E-state index in [0.29, 0.717) is 17.7 Å². The van der Waals surface area contributed by atoms with Gasteiger partial charge >= 0.3 is 0 Å². The van der Waals surface area contributed by atoms with Crippen LogP contribution in [0.4, 0.5) is 15.8 Å². The Morgan fingerprint density at radius 3 is 2.39 bits per heavy atom. The second-order valence-electron chi connectivity index (χ2n) is 8.73. The van der Waals surface area contributed by atoms with Crippen LogP contribution in [0, 0.1) is 5.82 Å². The molecule has 6 heteroatoms. The predicted molar refractivity (Wildman–Crippen MR) is 138 cm³/mol. The largest absolute Gasteiger partial charge is 0.465 e. The molecule has 5 nitrogen and oxygen atoms in total. The monoisotopic (exact) mass is 480 g/mol. The number of amides is 2. The summed E-state index contributed by atoms with van der Waals surface area (Å²) in [6.45, 7) is 1.98. The smallest absolute Gasteiger partial charge is 0.258 e. The molecule has 1 aliphatic heterocycles. The van der Waals surface area contributed by atoms with Crippen LogP contribution in [0.25, 0.3) is 6.08 Å². The van der Waals surface area contributed by atoms with E-state index < -0.39 is 5.82 Å². The van der Waals surface area contributed by atoms with Crippen molar-refractivity contribution in [2.75, 3.05) is 9.80 Å². The van der Waals surface area contributed by atoms with Crippen molar-refractivity contribution in [1.29, 1.82) is 0 Å². The van der Waals surface area contributed by atoms with Gasteiger partial charge in [-0.3, -0.25) is 9.59 Å². The molecule has 0 N–H and O–H groups in total. The van der Waals surface area contributed by atoms with Crippen LogP contribution in [0.1, 0.15) is 41.1 Å². The summed E-state index contributed by atoms with van der Waals surface area (Å²) in [6, 6.07) is 25.7. The number of rotatable bonds is 5. The van der Waals surface area contributed by atoms with Crippen LogP contribution < -0.4 is 9.80 Å². The summed E-state index contributed by atoms with van der Waals surface area (Å²) in [7, 11) is 0. The molecule has 3 aromatic carbocycles. The Bertz CT molecular complexity index is 1380. The average molecular weight is 481 g/mol. The van der Waals surface area contributed by atoms with Crippen molar-refractivity contribution in [1.82, 2.24) is 0 Å². The number of nitrogens with zero attached hydrogens (tertiary/aromatic N) is 2. The van der Waals surface area contributed by atoms with E-state index in [4.69, 9.17) is 4.42 Å². The number of anilines is 2. The van der Waals surface area contributed by atoms with Gasteiger partial charge in [0.05, 0.1) is 12.3 Å². The van der Waals surface area contributed by atoms with Gasteiger partial charge in [-0.05, 0) is 79.6 Å². The van der Waals surface area contributed by atoms with Crippen molar-refractivity contribution < 1.29 is 18.4 Å². The van der Waals surface area contributed by atoms with Crippen LogP contribution >= 0.6 is 0 Å². The second-order valence-corrected chi connectivity index (χ2v) is 8.73. The fourth-order valence-electron chi connectivity index (χ4n) is 4.74. The summed E-state index contributed by atoms with van der Waals surface area (Å²) in [5.74, 6) is -0.197. The SMILES string of the molecule is C[C@@H]1C[C@@H](N(C(=O)c2ccc(F)cc2)c2ccccc2)c2ccccc2N1C(=O)/C=C/c1ccco1. The molecule has 2 atom stereocenters. The lowest BCUT2D eigenvalue weighted by atomic mass is 9.89. The van der Waals surface area contributed by atoms with Crippen molar-refractivity contribution in [2.45, 2.75) is 25.4 Å². The quantitative estimate of drug-likeness (QED) is 0.301. The summed E-state index contributed by atoms with van der Waals surface area (Å²) in [5, 5.41) is 0. The molecule has 1 aliphatic rings. The highest BCUT2D eigenvalue weighted by molar-refractivity contribution is 6.08. The summed E-state index contributed by atoms with van der Waals surface area (Å²) in [5.41, 5.74) is 2.75. The Morgan fingerprint density at radius 1 is 0.944 bits per heavy atom. The van der Waals surface area contributed by atoms with E-state index in [1.165, 1.54) is 30.3 Å². The maximum absolute atomic E-state index is 13.8. The molecular formula is C30H25FN2O3. The van der Waals surface area contributed by atoms with Gasteiger partial charge in [-0.25, -0.2) is 4.39 Å². The van der Waals surface area contributed by atoms with Gasteiger partial charge in [0.15, 0.2) is 0 Å². The molecule has 36 heavy (non-hydrogen) atoms. The van der Waals surface area contributed by atoms with Crippen molar-refractivity contribution in [3.8, 4) is 0 Å². The minimum absolute atomic E-state index is 0.166. The molecule has 0 radical (unpaired) electrons. The van der Waals surface area contributed by atoms with Crippen molar-refractivity contribution in [2.24, 2.45) is 0 Å². The molecule has 5 rings (SSSR count). The normalized spacial score (nSPS) is 17.1. The summed E-state index contributed by atoms with van der Waals surface area (Å²) >= 11 is 0. The third kappa shape index (κ3) is 4.58. The Labute approximate surface area is 209 Å². The highest BCUT2D eigenvalue weighted by atomic mass is 19.1. The van der Waals surface area contributed by atoms with Gasteiger partial charge in [0, 0.05) is 29.1 Å². The molecule has 0 spiro atoms. The number of halogens is 1. The van der Waals surface area contributed by atoms with Crippen LogP contribution in [0.5, 0.6) is 0 Å². The van der Waals surface area contributed by atoms with Gasteiger partial charge in [-0.1, -0.05) is 36.4 Å². The van der Waals surface area contributed by atoms with Gasteiger partial charge in [-0.15, -0.1) is 0 Å². The van der Waals surface area contributed by atoms with Crippen LogP contribution in [-0.4, -0.2) is 17.9 Å². The Morgan fingerprint density at radius 2 is 1.67 bits per heavy atom. The molecule has 0 unspecified atom stereocenters. The van der Waals surface area contributed by atoms with Crippen molar-refractivity contribution in [3.63, 3.8) is 0 Å². The predicted octanol–water partition coefficient (Wildman–Crippen LogP) is 6.65. The van der Waals surface area contributed by atoms with Crippen LogP contribution in [-0.2, 0) is 4.79 Å². The highest BCUT2D eigenvalue weighted by Crippen LogP contribution is 2.42. The second kappa shape index (κ2) is 10.0. The number of benzene rings is 3. The van der Waals surface area contributed by atoms with E-state index in [1.807, 2.05) is 61.5 Å². The average Bonchev–Trinajstić information content (AvgIpc) is 3.42. The zero-order valence-electron chi connectivity index (χ0n) is 19.8. The van der Waals surface area contributed by atoms with Crippen molar-refractivity contribution in [3.05, 3.63) is 126 Å². The molecule has 180 valence electrons. The van der Waals surface area contributed by atoms with Gasteiger partial charge in [0.1, 0.15) is 11.6 Å². The Kier molecular flexibility index (Phi) is 6.50. The Balaban J connectivity index is 1.55. The lowest BCUT2D eigenvalue weighted by Crippen LogP contribution is -2.47. The molecule has 2 amide bonds. The minimum Gasteiger partial charge on any atom is -0.465 e. The number of hydrogen-bond acceptors (Lipinski definition) is 3.